The van der Waals surface area contributed by atoms with Gasteiger partial charge in [0.25, 0.3) is 0 Å². The Balaban J connectivity index is 0.00000112. The van der Waals surface area contributed by atoms with Gasteiger partial charge in [0.1, 0.15) is 11.6 Å². The number of rotatable bonds is 0. The van der Waals surface area contributed by atoms with Crippen LogP contribution >= 0.6 is 17.0 Å². The molecule has 2 rings (SSSR count). The first-order valence-corrected chi connectivity index (χ1v) is 4.74. The fourth-order valence-electron chi connectivity index (χ4n) is 2.11. The molecule has 0 fully saturated rings. The van der Waals surface area contributed by atoms with E-state index in [9.17, 15) is 9.50 Å². The lowest BCUT2D eigenvalue weighted by Crippen LogP contribution is -2.39. The van der Waals surface area contributed by atoms with Crippen LogP contribution in [0.25, 0.3) is 0 Å². The fraction of sp³-hybridized carbons (Fsp3) is 0.455. The lowest BCUT2D eigenvalue weighted by Gasteiger charge is -2.33. The Morgan fingerprint density at radius 3 is 2.67 bits per heavy atom. The molecule has 4 heteroatoms. The zero-order valence-corrected chi connectivity index (χ0v) is 10.5. The summed E-state index contributed by atoms with van der Waals surface area (Å²) in [6.45, 7) is 5.23. The number of hydrogen-bond acceptors (Lipinski definition) is 2. The van der Waals surface area contributed by atoms with Crippen LogP contribution in [0.1, 0.15) is 25.0 Å². The lowest BCUT2D eigenvalue weighted by molar-refractivity contribution is 0.390. The van der Waals surface area contributed by atoms with Crippen molar-refractivity contribution in [1.82, 2.24) is 5.32 Å². The number of halogens is 2. The van der Waals surface area contributed by atoms with Gasteiger partial charge in [-0.2, -0.15) is 0 Å². The van der Waals surface area contributed by atoms with Gasteiger partial charge in [0.2, 0.25) is 0 Å². The zero-order chi connectivity index (χ0) is 10.3. The molecule has 0 spiro atoms. The van der Waals surface area contributed by atoms with E-state index in [0.717, 1.165) is 6.54 Å². The van der Waals surface area contributed by atoms with Gasteiger partial charge >= 0.3 is 0 Å². The van der Waals surface area contributed by atoms with E-state index in [-0.39, 0.29) is 34.0 Å². The Morgan fingerprint density at radius 1 is 1.40 bits per heavy atom. The Bertz CT molecular complexity index is 379. The molecule has 0 saturated carbocycles. The van der Waals surface area contributed by atoms with Gasteiger partial charge in [0, 0.05) is 29.6 Å². The minimum absolute atomic E-state index is 0. The predicted octanol–water partition coefficient (Wildman–Crippen LogP) is 2.49. The molecule has 0 unspecified atom stereocenters. The third kappa shape index (κ3) is 2.01. The van der Waals surface area contributed by atoms with E-state index in [2.05, 4.69) is 5.32 Å². The van der Waals surface area contributed by atoms with Gasteiger partial charge in [-0.1, -0.05) is 13.8 Å². The fourth-order valence-corrected chi connectivity index (χ4v) is 2.11. The quantitative estimate of drug-likeness (QED) is 0.763. The van der Waals surface area contributed by atoms with Crippen LogP contribution in [0.3, 0.4) is 0 Å². The van der Waals surface area contributed by atoms with Gasteiger partial charge in [-0.3, -0.25) is 0 Å². The molecule has 0 bridgehead atoms. The van der Waals surface area contributed by atoms with E-state index in [1.807, 2.05) is 13.8 Å². The monoisotopic (exact) mass is 275 g/mol. The number of hydrogen-bond donors (Lipinski definition) is 2. The van der Waals surface area contributed by atoms with Crippen LogP contribution < -0.4 is 5.32 Å². The molecule has 15 heavy (non-hydrogen) atoms. The van der Waals surface area contributed by atoms with Crippen molar-refractivity contribution < 1.29 is 9.50 Å². The van der Waals surface area contributed by atoms with Crippen molar-refractivity contribution in [3.63, 3.8) is 0 Å². The standard InChI is InChI=1S/C11H14FNO.BrH/c1-11(2)6-13-5-7-9(14)4-3-8(12)10(7)11;/h3-4,13-14H,5-6H2,1-2H3;1H. The summed E-state index contributed by atoms with van der Waals surface area (Å²) in [5.74, 6) is -0.0361. The topological polar surface area (TPSA) is 32.3 Å². The molecule has 0 aliphatic carbocycles. The number of benzene rings is 1. The first kappa shape index (κ1) is 12.5. The largest absolute Gasteiger partial charge is 0.508 e. The summed E-state index contributed by atoms with van der Waals surface area (Å²) >= 11 is 0. The van der Waals surface area contributed by atoms with Crippen LogP contribution in [0, 0.1) is 5.82 Å². The SMILES string of the molecule is Br.CC1(C)CNCc2c(O)ccc(F)c21. The molecule has 2 nitrogen and oxygen atoms in total. The molecule has 1 heterocycles. The van der Waals surface area contributed by atoms with Crippen LogP contribution in [0.4, 0.5) is 4.39 Å². The minimum atomic E-state index is -0.254. The van der Waals surface area contributed by atoms with Crippen LogP contribution in [0.5, 0.6) is 5.75 Å². The normalized spacial score (nSPS) is 17.8. The Kier molecular flexibility index (Phi) is 3.41. The van der Waals surface area contributed by atoms with Crippen molar-refractivity contribution >= 4 is 17.0 Å². The summed E-state index contributed by atoms with van der Waals surface area (Å²) in [7, 11) is 0. The summed E-state index contributed by atoms with van der Waals surface area (Å²) in [5.41, 5.74) is 1.09. The molecule has 0 radical (unpaired) electrons. The molecule has 0 amide bonds. The highest BCUT2D eigenvalue weighted by atomic mass is 79.9. The van der Waals surface area contributed by atoms with Crippen molar-refractivity contribution in [2.24, 2.45) is 0 Å². The summed E-state index contributed by atoms with van der Waals surface area (Å²) in [4.78, 5) is 0. The summed E-state index contributed by atoms with van der Waals surface area (Å²) in [6.07, 6.45) is 0. The van der Waals surface area contributed by atoms with Crippen LogP contribution in [-0.2, 0) is 12.0 Å². The average molecular weight is 276 g/mol. The molecular weight excluding hydrogens is 261 g/mol. The van der Waals surface area contributed by atoms with E-state index in [1.165, 1.54) is 12.1 Å². The smallest absolute Gasteiger partial charge is 0.127 e. The van der Waals surface area contributed by atoms with Crippen molar-refractivity contribution in [3.8, 4) is 5.75 Å². The second kappa shape index (κ2) is 4.10. The molecule has 1 aliphatic heterocycles. The third-order valence-electron chi connectivity index (χ3n) is 2.78. The highest BCUT2D eigenvalue weighted by Gasteiger charge is 2.31. The first-order valence-electron chi connectivity index (χ1n) is 4.74. The van der Waals surface area contributed by atoms with Gasteiger partial charge < -0.3 is 10.4 Å². The molecular formula is C11H15BrFNO. The van der Waals surface area contributed by atoms with Crippen molar-refractivity contribution in [1.29, 1.82) is 0 Å². The Morgan fingerprint density at radius 2 is 2.07 bits per heavy atom. The maximum atomic E-state index is 13.6. The van der Waals surface area contributed by atoms with E-state index in [0.29, 0.717) is 17.7 Å². The van der Waals surface area contributed by atoms with Crippen molar-refractivity contribution in [2.75, 3.05) is 6.54 Å². The molecule has 84 valence electrons. The average Bonchev–Trinajstić information content (AvgIpc) is 2.10. The number of fused-ring (bicyclic) bond motifs is 1. The second-order valence-corrected chi connectivity index (χ2v) is 4.41. The number of aromatic hydroxyl groups is 1. The molecule has 0 aromatic heterocycles. The number of phenolic OH excluding ortho intramolecular Hbond substituents is 1. The predicted molar refractivity (Wildman–Crippen MR) is 63.1 cm³/mol. The van der Waals surface area contributed by atoms with Crippen LogP contribution in [0.2, 0.25) is 0 Å². The summed E-state index contributed by atoms with van der Waals surface area (Å²) < 4.78 is 13.6. The summed E-state index contributed by atoms with van der Waals surface area (Å²) in [6, 6.07) is 2.75. The van der Waals surface area contributed by atoms with E-state index >= 15 is 0 Å². The molecule has 0 atom stereocenters. The first-order chi connectivity index (χ1) is 6.52. The highest BCUT2D eigenvalue weighted by molar-refractivity contribution is 8.93. The van der Waals surface area contributed by atoms with Gasteiger partial charge in [-0.05, 0) is 12.1 Å². The zero-order valence-electron chi connectivity index (χ0n) is 8.80. The maximum absolute atomic E-state index is 13.6. The number of phenols is 1. The highest BCUT2D eigenvalue weighted by Crippen LogP contribution is 2.35. The van der Waals surface area contributed by atoms with E-state index < -0.39 is 0 Å². The van der Waals surface area contributed by atoms with Crippen molar-refractivity contribution in [2.45, 2.75) is 25.8 Å². The second-order valence-electron chi connectivity index (χ2n) is 4.41. The van der Waals surface area contributed by atoms with Gasteiger partial charge in [0.15, 0.2) is 0 Å². The lowest BCUT2D eigenvalue weighted by atomic mass is 9.78. The van der Waals surface area contributed by atoms with E-state index in [1.54, 1.807) is 0 Å². The molecule has 0 saturated heterocycles. The molecule has 2 N–H and O–H groups in total. The van der Waals surface area contributed by atoms with Gasteiger partial charge in [-0.25, -0.2) is 4.39 Å². The van der Waals surface area contributed by atoms with Gasteiger partial charge in [0.05, 0.1) is 0 Å². The van der Waals surface area contributed by atoms with Crippen LogP contribution in [-0.4, -0.2) is 11.7 Å². The minimum Gasteiger partial charge on any atom is -0.508 e. The van der Waals surface area contributed by atoms with Crippen molar-refractivity contribution in [3.05, 3.63) is 29.1 Å². The number of nitrogens with one attached hydrogen (secondary N) is 1. The molecule has 1 aliphatic rings. The van der Waals surface area contributed by atoms with Crippen LogP contribution in [0.15, 0.2) is 12.1 Å². The Labute approximate surface area is 99.3 Å². The van der Waals surface area contributed by atoms with E-state index in [4.69, 9.17) is 0 Å². The summed E-state index contributed by atoms with van der Waals surface area (Å²) in [5, 5.41) is 12.8. The molecule has 1 aromatic rings. The maximum Gasteiger partial charge on any atom is 0.127 e. The Hall–Kier alpha value is -0.610. The van der Waals surface area contributed by atoms with Gasteiger partial charge in [-0.15, -0.1) is 17.0 Å². The third-order valence-corrected chi connectivity index (χ3v) is 2.78. The molecule has 1 aromatic carbocycles.